The Hall–Kier alpha value is -1.55. The number of nitrogen functional groups attached to an aromatic ring is 1. The number of esters is 1. The molecule has 0 aliphatic heterocycles. The van der Waals surface area contributed by atoms with Crippen LogP contribution in [0.2, 0.25) is 0 Å². The topological polar surface area (TPSA) is 61.5 Å². The van der Waals surface area contributed by atoms with Gasteiger partial charge in [-0.3, -0.25) is 0 Å². The van der Waals surface area contributed by atoms with Crippen molar-refractivity contribution in [2.75, 3.05) is 18.9 Å². The smallest absolute Gasteiger partial charge is 0.338 e. The van der Waals surface area contributed by atoms with Crippen LogP contribution < -0.4 is 5.73 Å². The van der Waals surface area contributed by atoms with E-state index in [1.54, 1.807) is 31.2 Å². The zero-order valence-corrected chi connectivity index (χ0v) is 9.60. The third-order valence-electron chi connectivity index (χ3n) is 2.01. The molecule has 0 aliphatic rings. The standard InChI is InChI=1S/C12H17NO3/c1-3-15-8-9(2)16-12(14)10-4-6-11(13)7-5-10/h4-7,9H,3,8,13H2,1-2H3. The molecule has 4 nitrogen and oxygen atoms in total. The fraction of sp³-hybridized carbons (Fsp3) is 0.417. The van der Waals surface area contributed by atoms with Gasteiger partial charge in [-0.15, -0.1) is 0 Å². The molecule has 88 valence electrons. The maximum absolute atomic E-state index is 11.6. The molecule has 1 aromatic carbocycles. The summed E-state index contributed by atoms with van der Waals surface area (Å²) in [6, 6.07) is 6.63. The van der Waals surface area contributed by atoms with E-state index in [9.17, 15) is 4.79 Å². The van der Waals surface area contributed by atoms with Crippen molar-refractivity contribution >= 4 is 11.7 Å². The first kappa shape index (κ1) is 12.5. The second-order valence-corrected chi connectivity index (χ2v) is 3.50. The van der Waals surface area contributed by atoms with Gasteiger partial charge in [0.2, 0.25) is 0 Å². The van der Waals surface area contributed by atoms with Crippen molar-refractivity contribution in [1.82, 2.24) is 0 Å². The van der Waals surface area contributed by atoms with Gasteiger partial charge in [0.25, 0.3) is 0 Å². The summed E-state index contributed by atoms with van der Waals surface area (Å²) in [4.78, 5) is 11.6. The third-order valence-corrected chi connectivity index (χ3v) is 2.01. The van der Waals surface area contributed by atoms with Crippen molar-refractivity contribution in [3.63, 3.8) is 0 Å². The quantitative estimate of drug-likeness (QED) is 0.611. The number of anilines is 1. The third kappa shape index (κ3) is 3.90. The zero-order valence-electron chi connectivity index (χ0n) is 9.60. The van der Waals surface area contributed by atoms with Gasteiger partial charge in [0.1, 0.15) is 6.10 Å². The van der Waals surface area contributed by atoms with Crippen LogP contribution in [0.5, 0.6) is 0 Å². The van der Waals surface area contributed by atoms with Crippen LogP contribution in [-0.4, -0.2) is 25.3 Å². The van der Waals surface area contributed by atoms with Crippen molar-refractivity contribution in [2.24, 2.45) is 0 Å². The normalized spacial score (nSPS) is 12.1. The predicted octanol–water partition coefficient (Wildman–Crippen LogP) is 1.85. The number of hydrogen-bond donors (Lipinski definition) is 1. The molecule has 0 spiro atoms. The van der Waals surface area contributed by atoms with E-state index < -0.39 is 0 Å². The highest BCUT2D eigenvalue weighted by molar-refractivity contribution is 5.89. The van der Waals surface area contributed by atoms with E-state index in [1.807, 2.05) is 6.92 Å². The summed E-state index contributed by atoms with van der Waals surface area (Å²) in [7, 11) is 0. The highest BCUT2D eigenvalue weighted by Gasteiger charge is 2.11. The monoisotopic (exact) mass is 223 g/mol. The molecule has 0 saturated carbocycles. The fourth-order valence-corrected chi connectivity index (χ4v) is 1.19. The Balaban J connectivity index is 2.48. The molecule has 0 radical (unpaired) electrons. The molecule has 0 aliphatic carbocycles. The lowest BCUT2D eigenvalue weighted by atomic mass is 10.2. The Morgan fingerprint density at radius 1 is 1.38 bits per heavy atom. The van der Waals surface area contributed by atoms with Crippen LogP contribution in [0.4, 0.5) is 5.69 Å². The van der Waals surface area contributed by atoms with Gasteiger partial charge in [0, 0.05) is 12.3 Å². The van der Waals surface area contributed by atoms with E-state index in [1.165, 1.54) is 0 Å². The lowest BCUT2D eigenvalue weighted by molar-refractivity contribution is 0.00440. The van der Waals surface area contributed by atoms with Crippen LogP contribution in [0.25, 0.3) is 0 Å². The van der Waals surface area contributed by atoms with Gasteiger partial charge in [0.15, 0.2) is 0 Å². The summed E-state index contributed by atoms with van der Waals surface area (Å²) in [6.07, 6.45) is -0.245. The van der Waals surface area contributed by atoms with Crippen LogP contribution in [0.1, 0.15) is 24.2 Å². The molecule has 16 heavy (non-hydrogen) atoms. The summed E-state index contributed by atoms with van der Waals surface area (Å²) < 4.78 is 10.3. The predicted molar refractivity (Wildman–Crippen MR) is 62.2 cm³/mol. The van der Waals surface area contributed by atoms with Crippen molar-refractivity contribution in [2.45, 2.75) is 20.0 Å². The number of carbonyl (C=O) groups excluding carboxylic acids is 1. The van der Waals surface area contributed by atoms with Crippen LogP contribution in [0.15, 0.2) is 24.3 Å². The molecule has 0 bridgehead atoms. The molecular formula is C12H17NO3. The molecule has 0 fully saturated rings. The Labute approximate surface area is 95.3 Å². The molecule has 1 aromatic rings. The first-order valence-corrected chi connectivity index (χ1v) is 5.27. The summed E-state index contributed by atoms with van der Waals surface area (Å²) >= 11 is 0. The van der Waals surface area contributed by atoms with E-state index in [0.717, 1.165) is 0 Å². The largest absolute Gasteiger partial charge is 0.457 e. The SMILES string of the molecule is CCOCC(C)OC(=O)c1ccc(N)cc1. The average molecular weight is 223 g/mol. The van der Waals surface area contributed by atoms with Crippen LogP contribution in [-0.2, 0) is 9.47 Å². The number of hydrogen-bond acceptors (Lipinski definition) is 4. The Bertz CT molecular complexity index is 335. The Kier molecular flexibility index (Phi) is 4.79. The van der Waals surface area contributed by atoms with Crippen molar-refractivity contribution < 1.29 is 14.3 Å². The second-order valence-electron chi connectivity index (χ2n) is 3.50. The van der Waals surface area contributed by atoms with Crippen LogP contribution >= 0.6 is 0 Å². The van der Waals surface area contributed by atoms with E-state index in [2.05, 4.69) is 0 Å². The molecule has 1 atom stereocenters. The van der Waals surface area contributed by atoms with E-state index in [0.29, 0.717) is 24.5 Å². The van der Waals surface area contributed by atoms with Gasteiger partial charge in [-0.1, -0.05) is 0 Å². The van der Waals surface area contributed by atoms with E-state index in [-0.39, 0.29) is 12.1 Å². The molecule has 0 aromatic heterocycles. The number of rotatable bonds is 5. The van der Waals surface area contributed by atoms with Crippen molar-refractivity contribution in [3.05, 3.63) is 29.8 Å². The Morgan fingerprint density at radius 3 is 2.56 bits per heavy atom. The summed E-state index contributed by atoms with van der Waals surface area (Å²) in [5.41, 5.74) is 6.64. The second kappa shape index (κ2) is 6.12. The van der Waals surface area contributed by atoms with Crippen molar-refractivity contribution in [3.8, 4) is 0 Å². The first-order valence-electron chi connectivity index (χ1n) is 5.27. The lowest BCUT2D eigenvalue weighted by Gasteiger charge is -2.12. The summed E-state index contributed by atoms with van der Waals surface area (Å²) in [6.45, 7) is 4.72. The molecule has 1 rings (SSSR count). The lowest BCUT2D eigenvalue weighted by Crippen LogP contribution is -2.20. The minimum atomic E-state index is -0.354. The van der Waals surface area contributed by atoms with E-state index in [4.69, 9.17) is 15.2 Å². The van der Waals surface area contributed by atoms with Gasteiger partial charge in [-0.2, -0.15) is 0 Å². The molecule has 2 N–H and O–H groups in total. The summed E-state index contributed by atoms with van der Waals surface area (Å²) in [5, 5.41) is 0. The minimum Gasteiger partial charge on any atom is -0.457 e. The number of ether oxygens (including phenoxy) is 2. The number of benzene rings is 1. The molecule has 1 unspecified atom stereocenters. The highest BCUT2D eigenvalue weighted by Crippen LogP contribution is 2.08. The number of nitrogens with two attached hydrogens (primary N) is 1. The summed E-state index contributed by atoms with van der Waals surface area (Å²) in [5.74, 6) is -0.354. The van der Waals surface area contributed by atoms with Gasteiger partial charge in [0.05, 0.1) is 12.2 Å². The zero-order chi connectivity index (χ0) is 12.0. The fourth-order valence-electron chi connectivity index (χ4n) is 1.19. The average Bonchev–Trinajstić information content (AvgIpc) is 2.27. The van der Waals surface area contributed by atoms with Gasteiger partial charge in [-0.25, -0.2) is 4.79 Å². The van der Waals surface area contributed by atoms with Crippen LogP contribution in [0, 0.1) is 0 Å². The van der Waals surface area contributed by atoms with Crippen LogP contribution in [0.3, 0.4) is 0 Å². The highest BCUT2D eigenvalue weighted by atomic mass is 16.6. The molecule has 4 heteroatoms. The minimum absolute atomic E-state index is 0.245. The van der Waals surface area contributed by atoms with Crippen molar-refractivity contribution in [1.29, 1.82) is 0 Å². The molecule has 0 saturated heterocycles. The molecule has 0 amide bonds. The maximum Gasteiger partial charge on any atom is 0.338 e. The van der Waals surface area contributed by atoms with Gasteiger partial charge >= 0.3 is 5.97 Å². The number of carbonyl (C=O) groups is 1. The van der Waals surface area contributed by atoms with E-state index >= 15 is 0 Å². The van der Waals surface area contributed by atoms with Gasteiger partial charge < -0.3 is 15.2 Å². The molecular weight excluding hydrogens is 206 g/mol. The Morgan fingerprint density at radius 2 is 2.00 bits per heavy atom. The van der Waals surface area contributed by atoms with Gasteiger partial charge in [-0.05, 0) is 38.1 Å². The molecule has 0 heterocycles. The maximum atomic E-state index is 11.6. The first-order chi connectivity index (χ1) is 7.63.